The third-order valence-corrected chi connectivity index (χ3v) is 5.35. The van der Waals surface area contributed by atoms with Crippen molar-refractivity contribution in [1.29, 1.82) is 0 Å². The van der Waals surface area contributed by atoms with E-state index < -0.39 is 0 Å². The summed E-state index contributed by atoms with van der Waals surface area (Å²) in [5.74, 6) is 1.77. The Morgan fingerprint density at radius 2 is 1.94 bits per heavy atom. The lowest BCUT2D eigenvalue weighted by molar-refractivity contribution is 0.140. The Labute approximate surface area is 116 Å². The van der Waals surface area contributed by atoms with E-state index in [1.165, 1.54) is 37.8 Å². The molecule has 3 unspecified atom stereocenters. The molecule has 1 aromatic carbocycles. The minimum Gasteiger partial charge on any atom is -0.392 e. The zero-order valence-corrected chi connectivity index (χ0v) is 11.9. The van der Waals surface area contributed by atoms with Crippen molar-refractivity contribution in [2.75, 3.05) is 0 Å². The Morgan fingerprint density at radius 1 is 1.28 bits per heavy atom. The van der Waals surface area contributed by atoms with Gasteiger partial charge < -0.3 is 5.11 Å². The molecule has 0 radical (unpaired) electrons. The van der Waals surface area contributed by atoms with Crippen LogP contribution in [0.4, 0.5) is 4.39 Å². The zero-order chi connectivity index (χ0) is 12.7. The van der Waals surface area contributed by atoms with Gasteiger partial charge in [-0.05, 0) is 54.7 Å². The Bertz CT molecular complexity index is 436. The SMILES string of the molecule is OC(Cc1ccc(F)cc1Br)C1C2CCCCC21. The molecule has 3 heteroatoms. The number of halogens is 2. The Morgan fingerprint density at radius 3 is 2.56 bits per heavy atom. The topological polar surface area (TPSA) is 20.2 Å². The molecule has 2 aliphatic carbocycles. The average molecular weight is 313 g/mol. The van der Waals surface area contributed by atoms with E-state index in [-0.39, 0.29) is 11.9 Å². The van der Waals surface area contributed by atoms with Gasteiger partial charge in [0.15, 0.2) is 0 Å². The number of benzene rings is 1. The lowest BCUT2D eigenvalue weighted by atomic mass is 10.0. The number of aliphatic hydroxyl groups is 1. The van der Waals surface area contributed by atoms with Gasteiger partial charge in [-0.3, -0.25) is 0 Å². The van der Waals surface area contributed by atoms with Gasteiger partial charge in [-0.15, -0.1) is 0 Å². The predicted octanol–water partition coefficient (Wildman–Crippen LogP) is 3.93. The van der Waals surface area contributed by atoms with Gasteiger partial charge in [0.1, 0.15) is 5.82 Å². The predicted molar refractivity (Wildman–Crippen MR) is 72.7 cm³/mol. The lowest BCUT2D eigenvalue weighted by Gasteiger charge is -2.12. The molecular formula is C15H18BrFO. The summed E-state index contributed by atoms with van der Waals surface area (Å²) in [5.41, 5.74) is 1.01. The van der Waals surface area contributed by atoms with Crippen LogP contribution in [0, 0.1) is 23.6 Å². The molecule has 1 N–H and O–H groups in total. The van der Waals surface area contributed by atoms with Crippen molar-refractivity contribution < 1.29 is 9.50 Å². The molecule has 0 spiro atoms. The van der Waals surface area contributed by atoms with Crippen molar-refractivity contribution in [3.8, 4) is 0 Å². The highest BCUT2D eigenvalue weighted by Gasteiger charge is 2.53. The molecule has 0 amide bonds. The van der Waals surface area contributed by atoms with E-state index in [0.717, 1.165) is 21.9 Å². The number of rotatable bonds is 3. The molecule has 1 nitrogen and oxygen atoms in total. The van der Waals surface area contributed by atoms with E-state index in [4.69, 9.17) is 0 Å². The summed E-state index contributed by atoms with van der Waals surface area (Å²) < 4.78 is 13.8. The largest absolute Gasteiger partial charge is 0.392 e. The van der Waals surface area contributed by atoms with Crippen LogP contribution in [0.2, 0.25) is 0 Å². The van der Waals surface area contributed by atoms with Gasteiger partial charge in [0.05, 0.1) is 6.10 Å². The molecule has 0 saturated heterocycles. The Kier molecular flexibility index (Phi) is 3.46. The van der Waals surface area contributed by atoms with E-state index in [1.807, 2.05) is 0 Å². The summed E-state index contributed by atoms with van der Waals surface area (Å²) in [7, 11) is 0. The summed E-state index contributed by atoms with van der Waals surface area (Å²) in [4.78, 5) is 0. The van der Waals surface area contributed by atoms with Gasteiger partial charge in [-0.25, -0.2) is 4.39 Å². The van der Waals surface area contributed by atoms with Crippen LogP contribution in [0.25, 0.3) is 0 Å². The third-order valence-electron chi connectivity index (χ3n) is 4.61. The fourth-order valence-electron chi connectivity index (χ4n) is 3.67. The average Bonchev–Trinajstić information content (AvgIpc) is 3.07. The van der Waals surface area contributed by atoms with Crippen LogP contribution < -0.4 is 0 Å². The molecule has 0 aromatic heterocycles. The number of hydrogen-bond acceptors (Lipinski definition) is 1. The Balaban J connectivity index is 1.66. The smallest absolute Gasteiger partial charge is 0.124 e. The van der Waals surface area contributed by atoms with Crippen molar-refractivity contribution in [1.82, 2.24) is 0 Å². The van der Waals surface area contributed by atoms with Crippen LogP contribution >= 0.6 is 15.9 Å². The standard InChI is InChI=1S/C15H18BrFO/c16-13-8-10(17)6-5-9(13)7-14(18)15-11-3-1-2-4-12(11)15/h5-6,8,11-12,14-15,18H,1-4,7H2. The highest BCUT2D eigenvalue weighted by Crippen LogP contribution is 2.57. The van der Waals surface area contributed by atoms with Crippen molar-refractivity contribution in [2.24, 2.45) is 17.8 Å². The van der Waals surface area contributed by atoms with Crippen molar-refractivity contribution >= 4 is 15.9 Å². The summed E-state index contributed by atoms with van der Waals surface area (Å²) in [6.07, 6.45) is 5.60. The monoisotopic (exact) mass is 312 g/mol. The van der Waals surface area contributed by atoms with E-state index >= 15 is 0 Å². The maximum absolute atomic E-state index is 13.0. The van der Waals surface area contributed by atoms with Crippen molar-refractivity contribution in [3.05, 3.63) is 34.1 Å². The summed E-state index contributed by atoms with van der Waals surface area (Å²) in [6, 6.07) is 4.71. The van der Waals surface area contributed by atoms with Crippen LogP contribution in [0.1, 0.15) is 31.2 Å². The van der Waals surface area contributed by atoms with E-state index in [2.05, 4.69) is 15.9 Å². The molecule has 2 aliphatic rings. The number of hydrogen-bond donors (Lipinski definition) is 1. The first-order chi connectivity index (χ1) is 8.66. The normalized spacial score (nSPS) is 31.8. The minimum atomic E-state index is -0.264. The second-order valence-corrected chi connectivity index (χ2v) is 6.55. The molecule has 0 bridgehead atoms. The molecule has 1 aromatic rings. The first-order valence-corrected chi connectivity index (χ1v) is 7.58. The highest BCUT2D eigenvalue weighted by atomic mass is 79.9. The minimum absolute atomic E-state index is 0.236. The highest BCUT2D eigenvalue weighted by molar-refractivity contribution is 9.10. The van der Waals surface area contributed by atoms with Crippen LogP contribution in [0.5, 0.6) is 0 Å². The van der Waals surface area contributed by atoms with Gasteiger partial charge in [-0.2, -0.15) is 0 Å². The molecule has 3 atom stereocenters. The lowest BCUT2D eigenvalue weighted by Crippen LogP contribution is -2.15. The van der Waals surface area contributed by atoms with Crippen LogP contribution in [-0.4, -0.2) is 11.2 Å². The van der Waals surface area contributed by atoms with Crippen LogP contribution in [0.15, 0.2) is 22.7 Å². The number of fused-ring (bicyclic) bond motifs is 1. The van der Waals surface area contributed by atoms with Gasteiger partial charge in [0.2, 0.25) is 0 Å². The van der Waals surface area contributed by atoms with Gasteiger partial charge >= 0.3 is 0 Å². The first kappa shape index (κ1) is 12.6. The second-order valence-electron chi connectivity index (χ2n) is 5.70. The van der Waals surface area contributed by atoms with E-state index in [0.29, 0.717) is 12.3 Å². The molecule has 98 valence electrons. The maximum Gasteiger partial charge on any atom is 0.124 e. The molecule has 0 aliphatic heterocycles. The zero-order valence-electron chi connectivity index (χ0n) is 10.3. The fourth-order valence-corrected chi connectivity index (χ4v) is 4.18. The molecule has 3 rings (SSSR count). The van der Waals surface area contributed by atoms with Crippen molar-refractivity contribution in [2.45, 2.75) is 38.2 Å². The maximum atomic E-state index is 13.0. The van der Waals surface area contributed by atoms with Gasteiger partial charge in [-0.1, -0.05) is 34.8 Å². The summed E-state index contributed by atoms with van der Waals surface area (Å²) >= 11 is 3.37. The molecule has 0 heterocycles. The van der Waals surface area contributed by atoms with E-state index in [1.54, 1.807) is 6.07 Å². The van der Waals surface area contributed by atoms with Crippen molar-refractivity contribution in [3.63, 3.8) is 0 Å². The molecule has 2 fully saturated rings. The summed E-state index contributed by atoms with van der Waals surface area (Å²) in [5, 5.41) is 10.4. The molecule has 2 saturated carbocycles. The first-order valence-electron chi connectivity index (χ1n) is 6.79. The third kappa shape index (κ3) is 2.35. The fraction of sp³-hybridized carbons (Fsp3) is 0.600. The van der Waals surface area contributed by atoms with E-state index in [9.17, 15) is 9.50 Å². The van der Waals surface area contributed by atoms with Gasteiger partial charge in [0, 0.05) is 4.47 Å². The second kappa shape index (κ2) is 4.93. The quantitative estimate of drug-likeness (QED) is 0.896. The molecule has 18 heavy (non-hydrogen) atoms. The molecular weight excluding hydrogens is 295 g/mol. The summed E-state index contributed by atoms with van der Waals surface area (Å²) in [6.45, 7) is 0. The van der Waals surface area contributed by atoms with Crippen LogP contribution in [0.3, 0.4) is 0 Å². The van der Waals surface area contributed by atoms with Gasteiger partial charge in [0.25, 0.3) is 0 Å². The van der Waals surface area contributed by atoms with Crippen LogP contribution in [-0.2, 0) is 6.42 Å². The Hall–Kier alpha value is -0.410. The number of aliphatic hydroxyl groups excluding tert-OH is 1.